The molecule has 0 radical (unpaired) electrons. The summed E-state index contributed by atoms with van der Waals surface area (Å²) in [5.41, 5.74) is 0.989. The fraction of sp³-hybridized carbons (Fsp3) is 0.571. The van der Waals surface area contributed by atoms with Gasteiger partial charge in [0, 0.05) is 19.3 Å². The third-order valence-electron chi connectivity index (χ3n) is 1.43. The number of hydrogen-bond donors (Lipinski definition) is 1. The first-order valence-corrected chi connectivity index (χ1v) is 4.33. The summed E-state index contributed by atoms with van der Waals surface area (Å²) in [6.07, 6.45) is 2.68. The summed E-state index contributed by atoms with van der Waals surface area (Å²) in [7, 11) is 0. The maximum atomic E-state index is 8.55. The molecule has 0 aliphatic rings. The lowest BCUT2D eigenvalue weighted by Gasteiger charge is -1.96. The number of aryl methyl sites for hydroxylation is 2. The van der Waals surface area contributed by atoms with E-state index in [-0.39, 0.29) is 6.61 Å². The first-order chi connectivity index (χ1) is 5.24. The summed E-state index contributed by atoms with van der Waals surface area (Å²) in [6.45, 7) is 2.94. The van der Waals surface area contributed by atoms with Gasteiger partial charge < -0.3 is 5.11 Å². The van der Waals surface area contributed by atoms with Gasteiger partial charge in [0.2, 0.25) is 0 Å². The number of nitrogens with zero attached hydrogens (tertiary/aromatic N) is 2. The number of hydrogen-bond acceptors (Lipinski definition) is 2. The Bertz CT molecular complexity index is 215. The minimum atomic E-state index is 0.219. The average Bonchev–Trinajstić information content (AvgIpc) is 2.28. The van der Waals surface area contributed by atoms with Gasteiger partial charge in [0.15, 0.2) is 0 Å². The van der Waals surface area contributed by atoms with Gasteiger partial charge in [0.25, 0.3) is 0 Å². The maximum Gasteiger partial charge on any atom is 0.0735 e. The molecular weight excluding hydrogens is 208 g/mol. The van der Waals surface area contributed by atoms with Crippen LogP contribution >= 0.6 is 15.9 Å². The van der Waals surface area contributed by atoms with Crippen molar-refractivity contribution in [3.05, 3.63) is 16.4 Å². The van der Waals surface area contributed by atoms with E-state index in [4.69, 9.17) is 5.11 Å². The molecule has 4 heteroatoms. The summed E-state index contributed by atoms with van der Waals surface area (Å²) in [4.78, 5) is 0. The normalized spacial score (nSPS) is 10.5. The lowest BCUT2D eigenvalue weighted by Crippen LogP contribution is -2.00. The van der Waals surface area contributed by atoms with Gasteiger partial charge in [-0.05, 0) is 29.3 Å². The highest BCUT2D eigenvalue weighted by Crippen LogP contribution is 2.12. The Kier molecular flexibility index (Phi) is 3.08. The van der Waals surface area contributed by atoms with Gasteiger partial charge >= 0.3 is 0 Å². The molecule has 0 spiro atoms. The maximum absolute atomic E-state index is 8.55. The van der Waals surface area contributed by atoms with Crippen molar-refractivity contribution in [1.82, 2.24) is 9.78 Å². The molecule has 1 aromatic rings. The van der Waals surface area contributed by atoms with Crippen molar-refractivity contribution in [2.45, 2.75) is 19.9 Å². The third kappa shape index (κ3) is 2.31. The van der Waals surface area contributed by atoms with Crippen LogP contribution in [0.4, 0.5) is 0 Å². The van der Waals surface area contributed by atoms with Crippen molar-refractivity contribution in [1.29, 1.82) is 0 Å². The zero-order chi connectivity index (χ0) is 8.27. The van der Waals surface area contributed by atoms with Gasteiger partial charge in [-0.25, -0.2) is 0 Å². The molecule has 62 valence electrons. The van der Waals surface area contributed by atoms with Crippen molar-refractivity contribution >= 4 is 15.9 Å². The topological polar surface area (TPSA) is 38.0 Å². The van der Waals surface area contributed by atoms with Crippen LogP contribution in [0.1, 0.15) is 12.1 Å². The number of aromatic nitrogens is 2. The van der Waals surface area contributed by atoms with Gasteiger partial charge in [0.05, 0.1) is 10.2 Å². The molecule has 3 nitrogen and oxygen atoms in total. The van der Waals surface area contributed by atoms with E-state index >= 15 is 0 Å². The zero-order valence-electron chi connectivity index (χ0n) is 6.42. The quantitative estimate of drug-likeness (QED) is 0.832. The lowest BCUT2D eigenvalue weighted by atomic mass is 10.4. The molecule has 0 amide bonds. The molecule has 0 aliphatic heterocycles. The van der Waals surface area contributed by atoms with Crippen LogP contribution in [-0.4, -0.2) is 21.5 Å². The summed E-state index contributed by atoms with van der Waals surface area (Å²) in [5, 5.41) is 12.8. The van der Waals surface area contributed by atoms with Crippen molar-refractivity contribution in [2.24, 2.45) is 0 Å². The van der Waals surface area contributed by atoms with Crippen molar-refractivity contribution in [3.8, 4) is 0 Å². The Morgan fingerprint density at radius 1 is 1.73 bits per heavy atom. The Morgan fingerprint density at radius 2 is 2.45 bits per heavy atom. The smallest absolute Gasteiger partial charge is 0.0735 e. The fourth-order valence-electron chi connectivity index (χ4n) is 0.841. The molecule has 0 bridgehead atoms. The van der Waals surface area contributed by atoms with Gasteiger partial charge in [-0.1, -0.05) is 0 Å². The minimum Gasteiger partial charge on any atom is -0.396 e. The molecule has 0 atom stereocenters. The van der Waals surface area contributed by atoms with Crippen LogP contribution in [0.2, 0.25) is 0 Å². The van der Waals surface area contributed by atoms with Crippen LogP contribution in [0.5, 0.6) is 0 Å². The standard InChI is InChI=1S/C7H11BrN2O/c1-6-7(8)5-10(9-6)3-2-4-11/h5,11H,2-4H2,1H3. The second-order valence-electron chi connectivity index (χ2n) is 2.40. The Labute approximate surface area is 74.2 Å². The number of halogens is 1. The molecule has 0 unspecified atom stereocenters. The number of aliphatic hydroxyl groups excluding tert-OH is 1. The summed E-state index contributed by atoms with van der Waals surface area (Å²) in [5.74, 6) is 0. The van der Waals surface area contributed by atoms with E-state index in [2.05, 4.69) is 21.0 Å². The Hall–Kier alpha value is -0.350. The molecule has 1 aromatic heterocycles. The van der Waals surface area contributed by atoms with Crippen LogP contribution < -0.4 is 0 Å². The molecular formula is C7H11BrN2O. The first kappa shape index (κ1) is 8.74. The SMILES string of the molecule is Cc1nn(CCCO)cc1Br. The highest BCUT2D eigenvalue weighted by atomic mass is 79.9. The predicted octanol–water partition coefficient (Wildman–Crippen LogP) is 1.34. The van der Waals surface area contributed by atoms with E-state index in [0.717, 1.165) is 23.1 Å². The molecule has 0 saturated heterocycles. The van der Waals surface area contributed by atoms with Crippen LogP contribution in [0, 0.1) is 6.92 Å². The van der Waals surface area contributed by atoms with Crippen molar-refractivity contribution in [2.75, 3.05) is 6.61 Å². The molecule has 0 fully saturated rings. The van der Waals surface area contributed by atoms with E-state index in [9.17, 15) is 0 Å². The fourth-order valence-corrected chi connectivity index (χ4v) is 1.16. The predicted molar refractivity (Wildman–Crippen MR) is 46.4 cm³/mol. The summed E-state index contributed by atoms with van der Waals surface area (Å²) < 4.78 is 2.85. The van der Waals surface area contributed by atoms with E-state index < -0.39 is 0 Å². The van der Waals surface area contributed by atoms with Gasteiger partial charge in [-0.2, -0.15) is 5.10 Å². The number of aliphatic hydroxyl groups is 1. The summed E-state index contributed by atoms with van der Waals surface area (Å²) in [6, 6.07) is 0. The monoisotopic (exact) mass is 218 g/mol. The Balaban J connectivity index is 2.58. The van der Waals surface area contributed by atoms with Crippen LogP contribution in [0.3, 0.4) is 0 Å². The van der Waals surface area contributed by atoms with Gasteiger partial charge in [-0.3, -0.25) is 4.68 Å². The molecule has 1 heterocycles. The number of rotatable bonds is 3. The zero-order valence-corrected chi connectivity index (χ0v) is 8.00. The lowest BCUT2D eigenvalue weighted by molar-refractivity contribution is 0.277. The molecule has 1 N–H and O–H groups in total. The first-order valence-electron chi connectivity index (χ1n) is 3.54. The highest BCUT2D eigenvalue weighted by molar-refractivity contribution is 9.10. The van der Waals surface area contributed by atoms with Crippen LogP contribution in [0.15, 0.2) is 10.7 Å². The van der Waals surface area contributed by atoms with Crippen LogP contribution in [-0.2, 0) is 6.54 Å². The van der Waals surface area contributed by atoms with E-state index in [1.165, 1.54) is 0 Å². The van der Waals surface area contributed by atoms with E-state index in [0.29, 0.717) is 0 Å². The average molecular weight is 219 g/mol. The van der Waals surface area contributed by atoms with E-state index in [1.807, 2.05) is 17.8 Å². The Morgan fingerprint density at radius 3 is 2.91 bits per heavy atom. The van der Waals surface area contributed by atoms with E-state index in [1.54, 1.807) is 0 Å². The second kappa shape index (κ2) is 3.88. The molecule has 11 heavy (non-hydrogen) atoms. The largest absolute Gasteiger partial charge is 0.396 e. The second-order valence-corrected chi connectivity index (χ2v) is 3.26. The molecule has 0 aliphatic carbocycles. The summed E-state index contributed by atoms with van der Waals surface area (Å²) >= 11 is 3.36. The van der Waals surface area contributed by atoms with Gasteiger partial charge in [-0.15, -0.1) is 0 Å². The minimum absolute atomic E-state index is 0.219. The highest BCUT2D eigenvalue weighted by Gasteiger charge is 1.99. The molecule has 0 aromatic carbocycles. The van der Waals surface area contributed by atoms with Gasteiger partial charge in [0.1, 0.15) is 0 Å². The van der Waals surface area contributed by atoms with Crippen molar-refractivity contribution in [3.63, 3.8) is 0 Å². The van der Waals surface area contributed by atoms with Crippen molar-refractivity contribution < 1.29 is 5.11 Å². The van der Waals surface area contributed by atoms with Crippen LogP contribution in [0.25, 0.3) is 0 Å². The molecule has 1 rings (SSSR count). The molecule has 0 saturated carbocycles. The third-order valence-corrected chi connectivity index (χ3v) is 2.21.